The summed E-state index contributed by atoms with van der Waals surface area (Å²) in [5.74, 6) is 0.556. The maximum absolute atomic E-state index is 10.4. The van der Waals surface area contributed by atoms with Crippen molar-refractivity contribution < 1.29 is 4.92 Å². The Bertz CT molecular complexity index is 359. The molecule has 1 aromatic heterocycles. The quantitative estimate of drug-likeness (QED) is 0.515. The molecule has 0 radical (unpaired) electrons. The zero-order valence-corrected chi connectivity index (χ0v) is 7.36. The first-order valence-corrected chi connectivity index (χ1v) is 4.29. The molecule has 0 aliphatic heterocycles. The summed E-state index contributed by atoms with van der Waals surface area (Å²) in [5, 5.41) is 10.4. The van der Waals surface area contributed by atoms with E-state index in [1.807, 2.05) is 6.92 Å². The predicted octanol–water partition coefficient (Wildman–Crippen LogP) is 2.18. The van der Waals surface area contributed by atoms with Crippen molar-refractivity contribution in [2.75, 3.05) is 0 Å². The van der Waals surface area contributed by atoms with Gasteiger partial charge in [-0.1, -0.05) is 0 Å². The van der Waals surface area contributed by atoms with Crippen LogP contribution >= 0.6 is 0 Å². The molecular weight excluding hydrogens is 168 g/mol. The van der Waals surface area contributed by atoms with E-state index in [0.29, 0.717) is 5.92 Å². The fourth-order valence-corrected chi connectivity index (χ4v) is 1.45. The molecule has 0 N–H and O–H groups in total. The first-order chi connectivity index (χ1) is 6.18. The Kier molecular flexibility index (Phi) is 1.76. The van der Waals surface area contributed by atoms with Crippen molar-refractivity contribution >= 4 is 5.69 Å². The second kappa shape index (κ2) is 2.80. The second-order valence-electron chi connectivity index (χ2n) is 3.43. The number of rotatable bonds is 2. The van der Waals surface area contributed by atoms with Crippen molar-refractivity contribution in [2.24, 2.45) is 0 Å². The van der Waals surface area contributed by atoms with Crippen LogP contribution in [-0.2, 0) is 0 Å². The third kappa shape index (κ3) is 1.52. The number of nitro groups is 1. The lowest BCUT2D eigenvalue weighted by Crippen LogP contribution is -1.95. The Morgan fingerprint density at radius 3 is 2.77 bits per heavy atom. The topological polar surface area (TPSA) is 56.0 Å². The zero-order chi connectivity index (χ0) is 9.42. The summed E-state index contributed by atoms with van der Waals surface area (Å²) in [7, 11) is 0. The van der Waals surface area contributed by atoms with Gasteiger partial charge in [-0.2, -0.15) is 0 Å². The van der Waals surface area contributed by atoms with Crippen molar-refractivity contribution in [1.29, 1.82) is 0 Å². The molecule has 68 valence electrons. The van der Waals surface area contributed by atoms with Gasteiger partial charge in [0.1, 0.15) is 6.20 Å². The molecule has 0 spiro atoms. The van der Waals surface area contributed by atoms with E-state index in [4.69, 9.17) is 0 Å². The maximum Gasteiger partial charge on any atom is 0.287 e. The lowest BCUT2D eigenvalue weighted by atomic mass is 10.1. The number of hydrogen-bond donors (Lipinski definition) is 0. The van der Waals surface area contributed by atoms with Crippen LogP contribution < -0.4 is 0 Å². The van der Waals surface area contributed by atoms with Gasteiger partial charge in [0.15, 0.2) is 0 Å². The van der Waals surface area contributed by atoms with Gasteiger partial charge in [0.05, 0.1) is 4.92 Å². The molecule has 4 nitrogen and oxygen atoms in total. The molecule has 1 fully saturated rings. The number of aryl methyl sites for hydroxylation is 1. The highest BCUT2D eigenvalue weighted by Gasteiger charge is 2.27. The van der Waals surface area contributed by atoms with Crippen LogP contribution in [0.1, 0.15) is 30.0 Å². The molecule has 0 bridgehead atoms. The lowest BCUT2D eigenvalue weighted by Gasteiger charge is -2.01. The second-order valence-corrected chi connectivity index (χ2v) is 3.43. The van der Waals surface area contributed by atoms with Gasteiger partial charge < -0.3 is 0 Å². The maximum atomic E-state index is 10.4. The van der Waals surface area contributed by atoms with E-state index in [1.54, 1.807) is 6.07 Å². The summed E-state index contributed by atoms with van der Waals surface area (Å²) in [6.07, 6.45) is 3.69. The molecule has 1 heterocycles. The Hall–Kier alpha value is -1.45. The van der Waals surface area contributed by atoms with E-state index < -0.39 is 4.92 Å². The minimum atomic E-state index is -0.406. The van der Waals surface area contributed by atoms with Crippen molar-refractivity contribution in [2.45, 2.75) is 25.7 Å². The molecule has 0 unspecified atom stereocenters. The van der Waals surface area contributed by atoms with Crippen LogP contribution in [0.5, 0.6) is 0 Å². The molecule has 0 saturated heterocycles. The average Bonchev–Trinajstić information content (AvgIpc) is 2.87. The van der Waals surface area contributed by atoms with Crippen LogP contribution in [0.2, 0.25) is 0 Å². The molecule has 1 aliphatic rings. The van der Waals surface area contributed by atoms with Gasteiger partial charge in [0.2, 0.25) is 0 Å². The van der Waals surface area contributed by atoms with Gasteiger partial charge in [-0.15, -0.1) is 0 Å². The van der Waals surface area contributed by atoms with Crippen LogP contribution in [-0.4, -0.2) is 9.91 Å². The number of hydrogen-bond acceptors (Lipinski definition) is 3. The lowest BCUT2D eigenvalue weighted by molar-refractivity contribution is -0.385. The monoisotopic (exact) mass is 178 g/mol. The minimum Gasteiger partial charge on any atom is -0.258 e. The Labute approximate surface area is 75.8 Å². The summed E-state index contributed by atoms with van der Waals surface area (Å²) in [4.78, 5) is 14.1. The molecular formula is C9H10N2O2. The van der Waals surface area contributed by atoms with E-state index in [1.165, 1.54) is 19.0 Å². The summed E-state index contributed by atoms with van der Waals surface area (Å²) in [5.41, 5.74) is 2.06. The highest BCUT2D eigenvalue weighted by Crippen LogP contribution is 2.40. The standard InChI is InChI=1S/C9H10N2O2/c1-6-4-8(11(12)13)5-10-9(6)7-2-3-7/h4-5,7H,2-3H2,1H3. The summed E-state index contributed by atoms with van der Waals surface area (Å²) in [6, 6.07) is 1.60. The third-order valence-electron chi connectivity index (χ3n) is 2.28. The first kappa shape index (κ1) is 8.16. The van der Waals surface area contributed by atoms with Gasteiger partial charge in [-0.3, -0.25) is 15.1 Å². The largest absolute Gasteiger partial charge is 0.287 e. The van der Waals surface area contributed by atoms with Crippen LogP contribution in [0, 0.1) is 17.0 Å². The fraction of sp³-hybridized carbons (Fsp3) is 0.444. The molecule has 0 amide bonds. The minimum absolute atomic E-state index is 0.0851. The Morgan fingerprint density at radius 1 is 1.62 bits per heavy atom. The van der Waals surface area contributed by atoms with E-state index in [9.17, 15) is 10.1 Å². The molecule has 0 atom stereocenters. The van der Waals surface area contributed by atoms with Gasteiger partial charge in [0, 0.05) is 17.7 Å². The van der Waals surface area contributed by atoms with Crippen LogP contribution in [0.4, 0.5) is 5.69 Å². The Balaban J connectivity index is 2.36. The SMILES string of the molecule is Cc1cc([N+](=O)[O-])cnc1C1CC1. The smallest absolute Gasteiger partial charge is 0.258 e. The molecule has 1 saturated carbocycles. The van der Waals surface area contributed by atoms with Gasteiger partial charge in [-0.05, 0) is 25.3 Å². The van der Waals surface area contributed by atoms with Crippen molar-refractivity contribution in [3.8, 4) is 0 Å². The fourth-order valence-electron chi connectivity index (χ4n) is 1.45. The van der Waals surface area contributed by atoms with Crippen LogP contribution in [0.15, 0.2) is 12.3 Å². The van der Waals surface area contributed by atoms with E-state index >= 15 is 0 Å². The molecule has 13 heavy (non-hydrogen) atoms. The molecule has 0 aromatic carbocycles. The summed E-state index contributed by atoms with van der Waals surface area (Å²) >= 11 is 0. The first-order valence-electron chi connectivity index (χ1n) is 4.29. The summed E-state index contributed by atoms with van der Waals surface area (Å²) < 4.78 is 0. The summed E-state index contributed by atoms with van der Waals surface area (Å²) in [6.45, 7) is 1.88. The normalized spacial score (nSPS) is 15.8. The number of nitrogens with zero attached hydrogens (tertiary/aromatic N) is 2. The van der Waals surface area contributed by atoms with Gasteiger partial charge >= 0.3 is 0 Å². The van der Waals surface area contributed by atoms with E-state index in [0.717, 1.165) is 11.3 Å². The van der Waals surface area contributed by atoms with Crippen molar-refractivity contribution in [1.82, 2.24) is 4.98 Å². The Morgan fingerprint density at radius 2 is 2.31 bits per heavy atom. The van der Waals surface area contributed by atoms with Gasteiger partial charge in [0.25, 0.3) is 5.69 Å². The zero-order valence-electron chi connectivity index (χ0n) is 7.36. The van der Waals surface area contributed by atoms with E-state index in [2.05, 4.69) is 4.98 Å². The van der Waals surface area contributed by atoms with Gasteiger partial charge in [-0.25, -0.2) is 0 Å². The van der Waals surface area contributed by atoms with E-state index in [-0.39, 0.29) is 5.69 Å². The van der Waals surface area contributed by atoms with Crippen LogP contribution in [0.25, 0.3) is 0 Å². The number of pyridine rings is 1. The third-order valence-corrected chi connectivity index (χ3v) is 2.28. The highest BCUT2D eigenvalue weighted by molar-refractivity contribution is 5.36. The van der Waals surface area contributed by atoms with Crippen molar-refractivity contribution in [3.05, 3.63) is 33.6 Å². The van der Waals surface area contributed by atoms with Crippen molar-refractivity contribution in [3.63, 3.8) is 0 Å². The average molecular weight is 178 g/mol. The predicted molar refractivity (Wildman–Crippen MR) is 47.6 cm³/mol. The highest BCUT2D eigenvalue weighted by atomic mass is 16.6. The number of aromatic nitrogens is 1. The molecule has 2 rings (SSSR count). The molecule has 1 aromatic rings. The molecule has 1 aliphatic carbocycles. The van der Waals surface area contributed by atoms with Crippen LogP contribution in [0.3, 0.4) is 0 Å². The molecule has 4 heteroatoms.